The molecular formula is C22H20ClN5O2. The molecule has 8 heteroatoms. The molecule has 1 aliphatic heterocycles. The Balaban J connectivity index is 1.57. The number of pyridine rings is 1. The summed E-state index contributed by atoms with van der Waals surface area (Å²) in [7, 11) is 1.65. The summed E-state index contributed by atoms with van der Waals surface area (Å²) in [4.78, 5) is 19.8. The molecule has 5 rings (SSSR count). The predicted molar refractivity (Wildman–Crippen MR) is 117 cm³/mol. The van der Waals surface area contributed by atoms with Crippen LogP contribution in [0.2, 0.25) is 5.02 Å². The molecule has 0 aliphatic carbocycles. The second-order valence-electron chi connectivity index (χ2n) is 7.28. The van der Waals surface area contributed by atoms with Crippen molar-refractivity contribution < 1.29 is 4.74 Å². The number of anilines is 1. The van der Waals surface area contributed by atoms with Gasteiger partial charge in [0.15, 0.2) is 0 Å². The number of methoxy groups -OCH3 is 1. The van der Waals surface area contributed by atoms with Gasteiger partial charge >= 0.3 is 0 Å². The van der Waals surface area contributed by atoms with E-state index in [9.17, 15) is 4.79 Å². The summed E-state index contributed by atoms with van der Waals surface area (Å²) < 4.78 is 8.72. The molecule has 4 aromatic rings. The number of nitrogens with zero attached hydrogens (tertiary/aromatic N) is 5. The number of hydrogen-bond donors (Lipinski definition) is 0. The largest absolute Gasteiger partial charge is 0.495 e. The summed E-state index contributed by atoms with van der Waals surface area (Å²) in [5, 5.41) is 4.98. The number of aromatic nitrogens is 4. The fourth-order valence-corrected chi connectivity index (χ4v) is 4.01. The molecule has 4 heterocycles. The number of ether oxygens (including phenoxy) is 1. The normalized spacial score (nSPS) is 13.9. The van der Waals surface area contributed by atoms with Crippen LogP contribution in [0.4, 0.5) is 5.69 Å². The Morgan fingerprint density at radius 3 is 2.67 bits per heavy atom. The van der Waals surface area contributed by atoms with E-state index in [1.807, 2.05) is 24.3 Å². The maximum Gasteiger partial charge on any atom is 0.282 e. The average molecular weight is 422 g/mol. The summed E-state index contributed by atoms with van der Waals surface area (Å²) >= 11 is 5.92. The van der Waals surface area contributed by atoms with E-state index in [4.69, 9.17) is 16.3 Å². The van der Waals surface area contributed by atoms with Crippen molar-refractivity contribution in [3.63, 3.8) is 0 Å². The van der Waals surface area contributed by atoms with Crippen molar-refractivity contribution in [3.8, 4) is 22.7 Å². The molecule has 152 valence electrons. The van der Waals surface area contributed by atoms with Crippen molar-refractivity contribution in [3.05, 3.63) is 70.5 Å². The topological polar surface area (TPSA) is 64.7 Å². The highest BCUT2D eigenvalue weighted by Gasteiger charge is 2.18. The molecule has 1 saturated heterocycles. The maximum atomic E-state index is 13.2. The van der Waals surface area contributed by atoms with Gasteiger partial charge in [-0.3, -0.25) is 14.3 Å². The van der Waals surface area contributed by atoms with E-state index in [1.165, 1.54) is 23.7 Å². The zero-order valence-electron chi connectivity index (χ0n) is 16.5. The minimum absolute atomic E-state index is 0.166. The van der Waals surface area contributed by atoms with Crippen LogP contribution in [0.25, 0.3) is 22.5 Å². The van der Waals surface area contributed by atoms with Crippen molar-refractivity contribution in [2.45, 2.75) is 12.8 Å². The van der Waals surface area contributed by atoms with Crippen molar-refractivity contribution in [2.75, 3.05) is 25.1 Å². The molecule has 7 nitrogen and oxygen atoms in total. The van der Waals surface area contributed by atoms with Gasteiger partial charge in [0.25, 0.3) is 5.56 Å². The van der Waals surface area contributed by atoms with Gasteiger partial charge in [0.1, 0.15) is 17.6 Å². The number of fused-ring (bicyclic) bond motifs is 1. The van der Waals surface area contributed by atoms with Gasteiger partial charge in [0, 0.05) is 37.1 Å². The highest BCUT2D eigenvalue weighted by molar-refractivity contribution is 6.30. The molecule has 0 radical (unpaired) electrons. The molecule has 0 unspecified atom stereocenters. The lowest BCUT2D eigenvalue weighted by Gasteiger charge is -2.21. The van der Waals surface area contributed by atoms with Gasteiger partial charge < -0.3 is 9.64 Å². The first-order valence-electron chi connectivity index (χ1n) is 9.79. The molecule has 0 amide bonds. The number of benzene rings is 1. The van der Waals surface area contributed by atoms with Crippen LogP contribution in [0.5, 0.6) is 5.75 Å². The zero-order valence-corrected chi connectivity index (χ0v) is 17.2. The number of halogens is 1. The van der Waals surface area contributed by atoms with Gasteiger partial charge in [-0.1, -0.05) is 11.6 Å². The number of hydrogen-bond acceptors (Lipinski definition) is 5. The summed E-state index contributed by atoms with van der Waals surface area (Å²) in [6.07, 6.45) is 7.26. The van der Waals surface area contributed by atoms with E-state index in [0.717, 1.165) is 35.8 Å². The molecule has 3 aromatic heterocycles. The van der Waals surface area contributed by atoms with Crippen molar-refractivity contribution in [2.24, 2.45) is 0 Å². The third kappa shape index (κ3) is 3.21. The minimum atomic E-state index is -0.166. The lowest BCUT2D eigenvalue weighted by atomic mass is 10.2. The molecule has 0 N–H and O–H groups in total. The van der Waals surface area contributed by atoms with Crippen molar-refractivity contribution >= 4 is 22.8 Å². The van der Waals surface area contributed by atoms with Crippen LogP contribution >= 0.6 is 11.6 Å². The van der Waals surface area contributed by atoms with E-state index in [2.05, 4.69) is 15.0 Å². The van der Waals surface area contributed by atoms with E-state index in [0.29, 0.717) is 16.2 Å². The van der Waals surface area contributed by atoms with Gasteiger partial charge in [-0.25, -0.2) is 4.52 Å². The van der Waals surface area contributed by atoms with E-state index < -0.39 is 0 Å². The lowest BCUT2D eigenvalue weighted by Crippen LogP contribution is -2.22. The van der Waals surface area contributed by atoms with Gasteiger partial charge in [-0.2, -0.15) is 5.10 Å². The summed E-state index contributed by atoms with van der Waals surface area (Å²) in [5.41, 5.74) is 3.60. The number of rotatable bonds is 4. The van der Waals surface area contributed by atoms with Gasteiger partial charge in [0.2, 0.25) is 0 Å². The Labute approximate surface area is 178 Å². The fraction of sp³-hybridized carbons (Fsp3) is 0.227. The Bertz CT molecular complexity index is 1270. The van der Waals surface area contributed by atoms with Crippen molar-refractivity contribution in [1.29, 1.82) is 0 Å². The molecule has 0 atom stereocenters. The van der Waals surface area contributed by atoms with Crippen LogP contribution in [-0.2, 0) is 0 Å². The first kappa shape index (κ1) is 18.7. The fourth-order valence-electron chi connectivity index (χ4n) is 3.90. The standard InChI is InChI=1S/C22H20ClN5O2/c1-30-21-11-17(5-7-19(21)26-8-2-3-9-26)27-14-25-28-13-15(10-20(28)22(27)29)18-6-4-16(23)12-24-18/h4-7,10-14H,2-3,8-9H2,1H3. The van der Waals surface area contributed by atoms with Crippen LogP contribution < -0.4 is 15.2 Å². The molecule has 30 heavy (non-hydrogen) atoms. The SMILES string of the molecule is COc1cc(-n2cnn3cc(-c4ccc(Cl)cn4)cc3c2=O)ccc1N1CCCC1. The lowest BCUT2D eigenvalue weighted by molar-refractivity contribution is 0.414. The quantitative estimate of drug-likeness (QED) is 0.501. The molecule has 0 spiro atoms. The third-order valence-electron chi connectivity index (χ3n) is 5.44. The van der Waals surface area contributed by atoms with Crippen LogP contribution in [-0.4, -0.2) is 39.4 Å². The Kier molecular flexibility index (Phi) is 4.67. The van der Waals surface area contributed by atoms with Gasteiger partial charge in [-0.05, 0) is 43.2 Å². The zero-order chi connectivity index (χ0) is 20.7. The minimum Gasteiger partial charge on any atom is -0.495 e. The first-order valence-corrected chi connectivity index (χ1v) is 10.2. The van der Waals surface area contributed by atoms with Crippen LogP contribution in [0.3, 0.4) is 0 Å². The van der Waals surface area contributed by atoms with Crippen LogP contribution in [0.1, 0.15) is 12.8 Å². The summed E-state index contributed by atoms with van der Waals surface area (Å²) in [5.74, 6) is 0.752. The van der Waals surface area contributed by atoms with Crippen LogP contribution in [0, 0.1) is 0 Å². The van der Waals surface area contributed by atoms with Crippen molar-refractivity contribution in [1.82, 2.24) is 19.2 Å². The van der Waals surface area contributed by atoms with E-state index >= 15 is 0 Å². The van der Waals surface area contributed by atoms with Crippen LogP contribution in [0.15, 0.2) is 59.9 Å². The predicted octanol–water partition coefficient (Wildman–Crippen LogP) is 3.81. The highest BCUT2D eigenvalue weighted by atomic mass is 35.5. The Morgan fingerprint density at radius 1 is 1.10 bits per heavy atom. The Morgan fingerprint density at radius 2 is 1.93 bits per heavy atom. The molecule has 1 fully saturated rings. The molecule has 0 saturated carbocycles. The molecule has 1 aliphatic rings. The molecular weight excluding hydrogens is 402 g/mol. The second-order valence-corrected chi connectivity index (χ2v) is 7.71. The third-order valence-corrected chi connectivity index (χ3v) is 5.66. The molecule has 1 aromatic carbocycles. The Hall–Kier alpha value is -3.32. The smallest absolute Gasteiger partial charge is 0.282 e. The summed E-state index contributed by atoms with van der Waals surface area (Å²) in [6.45, 7) is 2.05. The highest BCUT2D eigenvalue weighted by Crippen LogP contribution is 2.32. The monoisotopic (exact) mass is 421 g/mol. The van der Waals surface area contributed by atoms with Gasteiger partial charge in [0.05, 0.1) is 29.2 Å². The van der Waals surface area contributed by atoms with Gasteiger partial charge in [-0.15, -0.1) is 0 Å². The average Bonchev–Trinajstić information content (AvgIpc) is 3.45. The van der Waals surface area contributed by atoms with E-state index in [1.54, 1.807) is 36.2 Å². The molecule has 0 bridgehead atoms. The maximum absolute atomic E-state index is 13.2. The van der Waals surface area contributed by atoms with E-state index in [-0.39, 0.29) is 5.56 Å². The summed E-state index contributed by atoms with van der Waals surface area (Å²) in [6, 6.07) is 11.2. The second kappa shape index (κ2) is 7.50. The first-order chi connectivity index (χ1) is 14.6.